The number of nitrogens with zero attached hydrogens (tertiary/aromatic N) is 3. The fraction of sp³-hybridized carbons (Fsp3) is 0.273. The minimum absolute atomic E-state index is 0.0694. The maximum Gasteiger partial charge on any atom is 0.273 e. The molecule has 1 aliphatic rings. The van der Waals surface area contributed by atoms with E-state index in [9.17, 15) is 14.0 Å². The number of halogens is 1. The highest BCUT2D eigenvalue weighted by molar-refractivity contribution is 7.14. The lowest BCUT2D eigenvalue weighted by molar-refractivity contribution is -0.126. The average molecular weight is 440 g/mol. The van der Waals surface area contributed by atoms with Gasteiger partial charge in [0, 0.05) is 30.4 Å². The second-order valence-electron chi connectivity index (χ2n) is 7.30. The first-order valence-corrected chi connectivity index (χ1v) is 10.9. The van der Waals surface area contributed by atoms with Gasteiger partial charge in [0.2, 0.25) is 5.91 Å². The van der Waals surface area contributed by atoms with E-state index in [0.29, 0.717) is 36.1 Å². The Balaban J connectivity index is 1.33. The topological polar surface area (TPSA) is 87.2 Å². The van der Waals surface area contributed by atoms with Crippen molar-refractivity contribution in [3.8, 4) is 0 Å². The van der Waals surface area contributed by atoms with Crippen LogP contribution in [0, 0.1) is 11.7 Å². The highest BCUT2D eigenvalue weighted by Gasteiger charge is 2.29. The number of carbonyl (C=O) groups is 2. The third-order valence-electron chi connectivity index (χ3n) is 5.07. The van der Waals surface area contributed by atoms with Crippen LogP contribution in [0.2, 0.25) is 0 Å². The molecule has 1 atom stereocenters. The molecule has 160 valence electrons. The largest absolute Gasteiger partial charge is 0.350 e. The van der Waals surface area contributed by atoms with Crippen LogP contribution in [0.15, 0.2) is 54.0 Å². The average Bonchev–Trinajstić information content (AvgIpc) is 3.27. The Morgan fingerprint density at radius 2 is 2.03 bits per heavy atom. The summed E-state index contributed by atoms with van der Waals surface area (Å²) in [5.41, 5.74) is 1.82. The number of amides is 2. The van der Waals surface area contributed by atoms with E-state index >= 15 is 0 Å². The van der Waals surface area contributed by atoms with Gasteiger partial charge in [0.25, 0.3) is 5.91 Å². The minimum atomic E-state index is -0.315. The summed E-state index contributed by atoms with van der Waals surface area (Å²) >= 11 is 1.30. The molecule has 1 fully saturated rings. The number of hydrogen-bond donors (Lipinski definition) is 2. The number of pyridine rings is 1. The number of anilines is 2. The molecule has 0 spiro atoms. The number of likely N-dealkylation sites (tertiary alicyclic amines) is 1. The fourth-order valence-electron chi connectivity index (χ4n) is 3.45. The monoisotopic (exact) mass is 439 g/mol. The zero-order valence-corrected chi connectivity index (χ0v) is 17.6. The maximum absolute atomic E-state index is 13.0. The Kier molecular flexibility index (Phi) is 6.51. The summed E-state index contributed by atoms with van der Waals surface area (Å²) in [6, 6.07) is 11.5. The number of hydrogen-bond acceptors (Lipinski definition) is 6. The molecule has 1 saturated heterocycles. The number of nitrogens with one attached hydrogen (secondary N) is 2. The number of rotatable bonds is 6. The van der Waals surface area contributed by atoms with Crippen molar-refractivity contribution in [2.24, 2.45) is 5.92 Å². The highest BCUT2D eigenvalue weighted by Crippen LogP contribution is 2.24. The van der Waals surface area contributed by atoms with Gasteiger partial charge in [-0.15, -0.1) is 11.3 Å². The van der Waals surface area contributed by atoms with Gasteiger partial charge in [-0.25, -0.2) is 9.37 Å². The number of piperidine rings is 1. The smallest absolute Gasteiger partial charge is 0.273 e. The van der Waals surface area contributed by atoms with Crippen molar-refractivity contribution in [1.82, 2.24) is 20.2 Å². The van der Waals surface area contributed by atoms with E-state index in [1.165, 1.54) is 23.5 Å². The summed E-state index contributed by atoms with van der Waals surface area (Å²) in [7, 11) is 0. The van der Waals surface area contributed by atoms with Crippen LogP contribution < -0.4 is 10.6 Å². The van der Waals surface area contributed by atoms with Crippen LogP contribution in [-0.2, 0) is 11.3 Å². The van der Waals surface area contributed by atoms with Gasteiger partial charge in [-0.2, -0.15) is 0 Å². The summed E-state index contributed by atoms with van der Waals surface area (Å²) < 4.78 is 13.0. The summed E-state index contributed by atoms with van der Waals surface area (Å²) in [6.07, 6.45) is 3.19. The minimum Gasteiger partial charge on any atom is -0.350 e. The number of carbonyl (C=O) groups excluding carboxylic acids is 2. The van der Waals surface area contributed by atoms with Crippen molar-refractivity contribution >= 4 is 34.0 Å². The standard InChI is InChI=1S/C22H22FN5O2S/c23-16-6-8-17(9-7-16)26-22-27-19(14-31-22)21(30)28-11-3-4-15(13-28)20(29)25-12-18-5-1-2-10-24-18/h1-2,5-10,14-15H,3-4,11-13H2,(H,25,29)(H,26,27). The molecule has 3 heterocycles. The molecule has 4 rings (SSSR count). The van der Waals surface area contributed by atoms with Crippen LogP contribution in [-0.4, -0.2) is 39.8 Å². The molecule has 1 aliphatic heterocycles. The van der Waals surface area contributed by atoms with Gasteiger partial charge < -0.3 is 15.5 Å². The van der Waals surface area contributed by atoms with Crippen LogP contribution in [0.25, 0.3) is 0 Å². The van der Waals surface area contributed by atoms with Crippen molar-refractivity contribution < 1.29 is 14.0 Å². The fourth-order valence-corrected chi connectivity index (χ4v) is 4.15. The van der Waals surface area contributed by atoms with Gasteiger partial charge >= 0.3 is 0 Å². The normalized spacial score (nSPS) is 16.0. The van der Waals surface area contributed by atoms with Crippen molar-refractivity contribution in [3.63, 3.8) is 0 Å². The molecule has 2 aromatic heterocycles. The van der Waals surface area contributed by atoms with E-state index in [0.717, 1.165) is 18.5 Å². The Labute approximate surface area is 183 Å². The lowest BCUT2D eigenvalue weighted by Gasteiger charge is -2.31. The van der Waals surface area contributed by atoms with Gasteiger partial charge in [-0.05, 0) is 49.2 Å². The maximum atomic E-state index is 13.0. The molecule has 3 aromatic rings. The molecule has 0 radical (unpaired) electrons. The van der Waals surface area contributed by atoms with E-state index in [-0.39, 0.29) is 23.5 Å². The molecule has 9 heteroatoms. The molecule has 1 unspecified atom stereocenters. The van der Waals surface area contributed by atoms with Gasteiger partial charge in [0.15, 0.2) is 5.13 Å². The molecule has 0 aliphatic carbocycles. The van der Waals surface area contributed by atoms with E-state index in [1.54, 1.807) is 28.6 Å². The Bertz CT molecular complexity index is 1040. The van der Waals surface area contributed by atoms with Crippen molar-refractivity contribution in [1.29, 1.82) is 0 Å². The van der Waals surface area contributed by atoms with Gasteiger partial charge in [0.1, 0.15) is 11.5 Å². The molecule has 7 nitrogen and oxygen atoms in total. The van der Waals surface area contributed by atoms with Gasteiger partial charge in [-0.3, -0.25) is 14.6 Å². The summed E-state index contributed by atoms with van der Waals surface area (Å²) in [4.78, 5) is 35.7. The SMILES string of the molecule is O=C(NCc1ccccn1)C1CCCN(C(=O)c2csc(Nc3ccc(F)cc3)n2)C1. The van der Waals surface area contributed by atoms with Crippen LogP contribution in [0.5, 0.6) is 0 Å². The number of thiazole rings is 1. The lowest BCUT2D eigenvalue weighted by Crippen LogP contribution is -2.45. The van der Waals surface area contributed by atoms with Crippen molar-refractivity contribution in [2.75, 3.05) is 18.4 Å². The molecular formula is C22H22FN5O2S. The lowest BCUT2D eigenvalue weighted by atomic mass is 9.97. The Morgan fingerprint density at radius 3 is 2.81 bits per heavy atom. The zero-order chi connectivity index (χ0) is 21.6. The molecule has 0 saturated carbocycles. The summed E-state index contributed by atoms with van der Waals surface area (Å²) in [6.45, 7) is 1.33. The van der Waals surface area contributed by atoms with E-state index in [2.05, 4.69) is 20.6 Å². The van der Waals surface area contributed by atoms with Crippen molar-refractivity contribution in [3.05, 3.63) is 71.2 Å². The Hall–Kier alpha value is -3.33. The first kappa shape index (κ1) is 20.9. The van der Waals surface area contributed by atoms with Gasteiger partial charge in [0.05, 0.1) is 18.2 Å². The van der Waals surface area contributed by atoms with Crippen LogP contribution in [0.4, 0.5) is 15.2 Å². The van der Waals surface area contributed by atoms with E-state index in [1.807, 2.05) is 18.2 Å². The summed E-state index contributed by atoms with van der Waals surface area (Å²) in [5, 5.41) is 8.23. The first-order chi connectivity index (χ1) is 15.1. The van der Waals surface area contributed by atoms with E-state index in [4.69, 9.17) is 0 Å². The Morgan fingerprint density at radius 1 is 1.19 bits per heavy atom. The molecule has 2 amide bonds. The van der Waals surface area contributed by atoms with Gasteiger partial charge in [-0.1, -0.05) is 6.07 Å². The molecule has 31 heavy (non-hydrogen) atoms. The van der Waals surface area contributed by atoms with Crippen molar-refractivity contribution in [2.45, 2.75) is 19.4 Å². The van der Waals surface area contributed by atoms with Crippen LogP contribution >= 0.6 is 11.3 Å². The molecule has 1 aromatic carbocycles. The number of benzene rings is 1. The second-order valence-corrected chi connectivity index (χ2v) is 8.16. The predicted octanol–water partition coefficient (Wildman–Crippen LogP) is 3.59. The zero-order valence-electron chi connectivity index (χ0n) is 16.8. The van der Waals surface area contributed by atoms with E-state index < -0.39 is 0 Å². The molecule has 0 bridgehead atoms. The summed E-state index contributed by atoms with van der Waals surface area (Å²) in [5.74, 6) is -0.827. The number of aromatic nitrogens is 2. The quantitative estimate of drug-likeness (QED) is 0.613. The third kappa shape index (κ3) is 5.43. The molecule has 2 N–H and O–H groups in total. The third-order valence-corrected chi connectivity index (χ3v) is 5.83. The second kappa shape index (κ2) is 9.65. The van der Waals surface area contributed by atoms with Crippen LogP contribution in [0.1, 0.15) is 29.0 Å². The van der Waals surface area contributed by atoms with Crippen LogP contribution in [0.3, 0.4) is 0 Å². The highest BCUT2D eigenvalue weighted by atomic mass is 32.1. The predicted molar refractivity (Wildman–Crippen MR) is 117 cm³/mol. The first-order valence-electron chi connectivity index (χ1n) is 10.0. The molecular weight excluding hydrogens is 417 g/mol.